The van der Waals surface area contributed by atoms with Gasteiger partial charge in [0.15, 0.2) is 0 Å². The molecule has 3 N–H and O–H groups in total. The maximum atomic E-state index is 11.6. The van der Waals surface area contributed by atoms with Crippen LogP contribution in [-0.4, -0.2) is 22.3 Å². The molecule has 0 aliphatic heterocycles. The second kappa shape index (κ2) is 4.68. The first-order chi connectivity index (χ1) is 8.52. The van der Waals surface area contributed by atoms with E-state index in [0.29, 0.717) is 12.1 Å². The minimum atomic E-state index is -0.0267. The number of carbonyl (C=O) groups excluding carboxylic acids is 1. The summed E-state index contributed by atoms with van der Waals surface area (Å²) in [5, 5.41) is 2.64. The van der Waals surface area contributed by atoms with E-state index in [2.05, 4.69) is 24.1 Å². The number of nitrogens with two attached hydrogens (primary N) is 1. The molecule has 0 radical (unpaired) electrons. The summed E-state index contributed by atoms with van der Waals surface area (Å²) in [5.74, 6) is 0.243. The topological polar surface area (TPSA) is 72.4 Å². The second-order valence-corrected chi connectivity index (χ2v) is 4.64. The van der Waals surface area contributed by atoms with Gasteiger partial charge in [-0.15, -0.1) is 0 Å². The van der Waals surface area contributed by atoms with Crippen molar-refractivity contribution >= 4 is 17.2 Å². The number of carbonyl (C=O) groups is 1. The summed E-state index contributed by atoms with van der Waals surface area (Å²) in [6, 6.07) is 3.69. The van der Waals surface area contributed by atoms with Gasteiger partial charge in [0.05, 0.1) is 17.8 Å². The fourth-order valence-corrected chi connectivity index (χ4v) is 2.01. The third-order valence-electron chi connectivity index (χ3n) is 2.93. The summed E-state index contributed by atoms with van der Waals surface area (Å²) in [6.45, 7) is 4.14. The van der Waals surface area contributed by atoms with Crippen LogP contribution in [0.5, 0.6) is 0 Å². The van der Waals surface area contributed by atoms with E-state index in [9.17, 15) is 4.79 Å². The third-order valence-corrected chi connectivity index (χ3v) is 2.93. The lowest BCUT2D eigenvalue weighted by Gasteiger charge is -2.07. The van der Waals surface area contributed by atoms with Crippen molar-refractivity contribution in [3.8, 4) is 0 Å². The lowest BCUT2D eigenvalue weighted by Crippen LogP contribution is -2.21. The number of nitrogens with one attached hydrogen (secondary N) is 1. The molecule has 1 amide bonds. The predicted molar refractivity (Wildman–Crippen MR) is 71.5 cm³/mol. The number of fused-ring (bicyclic) bond motifs is 1. The average molecular weight is 246 g/mol. The van der Waals surface area contributed by atoms with Crippen molar-refractivity contribution in [2.24, 2.45) is 0 Å². The number of hydrogen-bond donors (Lipinski definition) is 2. The van der Waals surface area contributed by atoms with Gasteiger partial charge in [0.1, 0.15) is 5.65 Å². The summed E-state index contributed by atoms with van der Waals surface area (Å²) in [5.41, 5.74) is 9.14. The number of nitrogens with zero attached hydrogens (tertiary/aromatic N) is 2. The number of nitrogen functional groups attached to an aromatic ring is 1. The maximum absolute atomic E-state index is 11.6. The number of pyridine rings is 1. The largest absolute Gasteiger partial charge is 0.398 e. The highest BCUT2D eigenvalue weighted by Crippen LogP contribution is 2.22. The Labute approximate surface area is 106 Å². The van der Waals surface area contributed by atoms with Crippen molar-refractivity contribution < 1.29 is 4.79 Å². The molecule has 0 atom stereocenters. The molecule has 96 valence electrons. The average Bonchev–Trinajstić information content (AvgIpc) is 2.67. The first-order valence-corrected chi connectivity index (χ1v) is 6.00. The molecule has 0 bridgehead atoms. The number of anilines is 1. The number of hydrogen-bond acceptors (Lipinski definition) is 3. The van der Waals surface area contributed by atoms with Crippen LogP contribution < -0.4 is 11.1 Å². The van der Waals surface area contributed by atoms with E-state index >= 15 is 0 Å². The van der Waals surface area contributed by atoms with E-state index in [1.807, 2.05) is 22.7 Å². The quantitative estimate of drug-likeness (QED) is 0.858. The Morgan fingerprint density at radius 3 is 2.83 bits per heavy atom. The van der Waals surface area contributed by atoms with Gasteiger partial charge in [-0.05, 0) is 18.1 Å². The normalized spacial score (nSPS) is 11.1. The van der Waals surface area contributed by atoms with Gasteiger partial charge in [0, 0.05) is 18.9 Å². The van der Waals surface area contributed by atoms with Gasteiger partial charge < -0.3 is 15.5 Å². The fraction of sp³-hybridized carbons (Fsp3) is 0.385. The van der Waals surface area contributed by atoms with Crippen LogP contribution in [0.15, 0.2) is 18.3 Å². The summed E-state index contributed by atoms with van der Waals surface area (Å²) >= 11 is 0. The summed E-state index contributed by atoms with van der Waals surface area (Å²) < 4.78 is 1.90. The highest BCUT2D eigenvalue weighted by Gasteiger charge is 2.17. The van der Waals surface area contributed by atoms with Gasteiger partial charge in [-0.3, -0.25) is 4.79 Å². The SMILES string of the molecule is CNC(=O)Cc1c(C(C)C)nc2ccc(N)cn12. The Morgan fingerprint density at radius 2 is 2.22 bits per heavy atom. The van der Waals surface area contributed by atoms with Crippen molar-refractivity contribution in [3.63, 3.8) is 0 Å². The number of rotatable bonds is 3. The molecule has 5 nitrogen and oxygen atoms in total. The first kappa shape index (κ1) is 12.4. The minimum absolute atomic E-state index is 0.0267. The van der Waals surface area contributed by atoms with E-state index in [1.165, 1.54) is 0 Å². The van der Waals surface area contributed by atoms with Gasteiger partial charge in [0.25, 0.3) is 0 Å². The van der Waals surface area contributed by atoms with Gasteiger partial charge in [-0.2, -0.15) is 0 Å². The predicted octanol–water partition coefficient (Wildman–Crippen LogP) is 1.33. The Kier molecular flexibility index (Phi) is 3.23. The molecule has 18 heavy (non-hydrogen) atoms. The van der Waals surface area contributed by atoms with Crippen molar-refractivity contribution in [2.45, 2.75) is 26.2 Å². The molecule has 0 saturated heterocycles. The molecule has 5 heteroatoms. The highest BCUT2D eigenvalue weighted by molar-refractivity contribution is 5.78. The molecule has 2 aromatic rings. The molecule has 2 aromatic heterocycles. The summed E-state index contributed by atoms with van der Waals surface area (Å²) in [4.78, 5) is 16.2. The molecule has 0 aromatic carbocycles. The van der Waals surface area contributed by atoms with Crippen LogP contribution in [0.4, 0.5) is 5.69 Å². The van der Waals surface area contributed by atoms with E-state index in [0.717, 1.165) is 17.0 Å². The van der Waals surface area contributed by atoms with E-state index < -0.39 is 0 Å². The van der Waals surface area contributed by atoms with Crippen LogP contribution in [0.25, 0.3) is 5.65 Å². The van der Waals surface area contributed by atoms with Crippen molar-refractivity contribution in [1.82, 2.24) is 14.7 Å². The van der Waals surface area contributed by atoms with E-state index in [1.54, 1.807) is 7.05 Å². The van der Waals surface area contributed by atoms with Crippen molar-refractivity contribution in [2.75, 3.05) is 12.8 Å². The molecule has 0 spiro atoms. The van der Waals surface area contributed by atoms with E-state index in [4.69, 9.17) is 5.73 Å². The van der Waals surface area contributed by atoms with Crippen LogP contribution in [0.2, 0.25) is 0 Å². The molecule has 0 aliphatic carbocycles. The van der Waals surface area contributed by atoms with Gasteiger partial charge in [-0.1, -0.05) is 13.8 Å². The van der Waals surface area contributed by atoms with Crippen LogP contribution in [0.1, 0.15) is 31.2 Å². The highest BCUT2D eigenvalue weighted by atomic mass is 16.1. The Balaban J connectivity index is 2.60. The Hall–Kier alpha value is -2.04. The lowest BCUT2D eigenvalue weighted by molar-refractivity contribution is -0.120. The molecular formula is C13H18N4O. The standard InChI is InChI=1S/C13H18N4O/c1-8(2)13-10(6-12(18)15-3)17-7-9(14)4-5-11(17)16-13/h4-5,7-8H,6,14H2,1-3H3,(H,15,18). The summed E-state index contributed by atoms with van der Waals surface area (Å²) in [6.07, 6.45) is 2.13. The van der Waals surface area contributed by atoms with Gasteiger partial charge in [0.2, 0.25) is 5.91 Å². The minimum Gasteiger partial charge on any atom is -0.398 e. The second-order valence-electron chi connectivity index (χ2n) is 4.64. The fourth-order valence-electron chi connectivity index (χ4n) is 2.01. The Bertz CT molecular complexity index is 586. The van der Waals surface area contributed by atoms with Crippen molar-refractivity contribution in [3.05, 3.63) is 29.7 Å². The zero-order valence-electron chi connectivity index (χ0n) is 10.9. The monoisotopic (exact) mass is 246 g/mol. The van der Waals surface area contributed by atoms with E-state index in [-0.39, 0.29) is 11.8 Å². The molecule has 2 heterocycles. The number of aromatic nitrogens is 2. The number of likely N-dealkylation sites (N-methyl/N-ethyl adjacent to an activating group) is 1. The smallest absolute Gasteiger partial charge is 0.225 e. The first-order valence-electron chi connectivity index (χ1n) is 6.00. The van der Waals surface area contributed by atoms with Crippen LogP contribution in [-0.2, 0) is 11.2 Å². The molecule has 0 unspecified atom stereocenters. The molecule has 0 saturated carbocycles. The zero-order valence-corrected chi connectivity index (χ0v) is 10.9. The third kappa shape index (κ3) is 2.16. The summed E-state index contributed by atoms with van der Waals surface area (Å²) in [7, 11) is 1.63. The number of imidazole rings is 1. The van der Waals surface area contributed by atoms with Crippen LogP contribution in [0.3, 0.4) is 0 Å². The maximum Gasteiger partial charge on any atom is 0.225 e. The zero-order chi connectivity index (χ0) is 13.3. The molecular weight excluding hydrogens is 228 g/mol. The van der Waals surface area contributed by atoms with Crippen LogP contribution >= 0.6 is 0 Å². The van der Waals surface area contributed by atoms with Gasteiger partial charge in [-0.25, -0.2) is 4.98 Å². The van der Waals surface area contributed by atoms with Crippen molar-refractivity contribution in [1.29, 1.82) is 0 Å². The van der Waals surface area contributed by atoms with Crippen LogP contribution in [0, 0.1) is 0 Å². The molecule has 0 fully saturated rings. The van der Waals surface area contributed by atoms with Gasteiger partial charge >= 0.3 is 0 Å². The Morgan fingerprint density at radius 1 is 1.50 bits per heavy atom. The molecule has 0 aliphatic rings. The number of amides is 1. The molecule has 2 rings (SSSR count). The lowest BCUT2D eigenvalue weighted by atomic mass is 10.1.